The van der Waals surface area contributed by atoms with Crippen LogP contribution in [-0.2, 0) is 0 Å². The fourth-order valence-electron chi connectivity index (χ4n) is 2.99. The summed E-state index contributed by atoms with van der Waals surface area (Å²) in [6, 6.07) is 0. The molecular formula is C13H23N5. The van der Waals surface area contributed by atoms with E-state index < -0.39 is 0 Å². The fraction of sp³-hybridized carbons (Fsp3) is 0.846. The van der Waals surface area contributed by atoms with E-state index in [1.54, 1.807) is 0 Å². The molecule has 0 unspecified atom stereocenters. The van der Waals surface area contributed by atoms with Crippen LogP contribution in [0.25, 0.3) is 0 Å². The van der Waals surface area contributed by atoms with Crippen LogP contribution in [0.4, 0.5) is 5.95 Å². The first-order chi connectivity index (χ1) is 8.83. The zero-order valence-corrected chi connectivity index (χ0v) is 11.2. The molecule has 1 aliphatic carbocycles. The molecule has 1 saturated heterocycles. The number of H-pyrrole nitrogens is 1. The molecule has 5 nitrogen and oxygen atoms in total. The number of aromatic amines is 1. The van der Waals surface area contributed by atoms with Gasteiger partial charge in [0.1, 0.15) is 5.82 Å². The standard InChI is InChI=1S/C13H23N5/c1-10-2-4-11(5-3-10)12-15-13(17-16-12)18-8-6-14-7-9-18/h10-11,14H,2-9H2,1H3,(H,15,16,17). The minimum Gasteiger partial charge on any atom is -0.337 e. The lowest BCUT2D eigenvalue weighted by molar-refractivity contribution is 0.340. The van der Waals surface area contributed by atoms with Crippen molar-refractivity contribution in [1.82, 2.24) is 20.5 Å². The van der Waals surface area contributed by atoms with Crippen molar-refractivity contribution in [3.8, 4) is 0 Å². The maximum Gasteiger partial charge on any atom is 0.244 e. The monoisotopic (exact) mass is 249 g/mol. The van der Waals surface area contributed by atoms with Crippen molar-refractivity contribution in [3.63, 3.8) is 0 Å². The molecule has 2 heterocycles. The molecule has 2 fully saturated rings. The molecule has 0 atom stereocenters. The SMILES string of the molecule is CC1CCC(c2nc(N3CCNCC3)n[nH]2)CC1. The van der Waals surface area contributed by atoms with Crippen LogP contribution in [0.15, 0.2) is 0 Å². The van der Waals surface area contributed by atoms with Gasteiger partial charge in [-0.05, 0) is 18.8 Å². The number of anilines is 1. The van der Waals surface area contributed by atoms with E-state index in [9.17, 15) is 0 Å². The van der Waals surface area contributed by atoms with Crippen molar-refractivity contribution in [3.05, 3.63) is 5.82 Å². The lowest BCUT2D eigenvalue weighted by atomic mass is 9.83. The van der Waals surface area contributed by atoms with Gasteiger partial charge in [0.15, 0.2) is 0 Å². The molecule has 1 aliphatic heterocycles. The Bertz CT molecular complexity index is 374. The third-order valence-electron chi connectivity index (χ3n) is 4.29. The van der Waals surface area contributed by atoms with Crippen LogP contribution in [-0.4, -0.2) is 41.4 Å². The highest BCUT2D eigenvalue weighted by molar-refractivity contribution is 5.30. The summed E-state index contributed by atoms with van der Waals surface area (Å²) < 4.78 is 0. The molecular weight excluding hydrogens is 226 g/mol. The Hall–Kier alpha value is -1.10. The van der Waals surface area contributed by atoms with E-state index in [1.807, 2.05) is 0 Å². The highest BCUT2D eigenvalue weighted by Crippen LogP contribution is 2.34. The van der Waals surface area contributed by atoms with E-state index in [4.69, 9.17) is 4.98 Å². The number of rotatable bonds is 2. The van der Waals surface area contributed by atoms with Gasteiger partial charge >= 0.3 is 0 Å². The van der Waals surface area contributed by atoms with Gasteiger partial charge in [0.05, 0.1) is 0 Å². The molecule has 1 aromatic rings. The summed E-state index contributed by atoms with van der Waals surface area (Å²) in [5.74, 6) is 3.49. The van der Waals surface area contributed by atoms with Gasteiger partial charge in [-0.25, -0.2) is 0 Å². The zero-order valence-electron chi connectivity index (χ0n) is 11.2. The predicted molar refractivity (Wildman–Crippen MR) is 71.8 cm³/mol. The van der Waals surface area contributed by atoms with Crippen molar-refractivity contribution in [2.24, 2.45) is 5.92 Å². The Kier molecular flexibility index (Phi) is 3.50. The molecule has 0 bridgehead atoms. The van der Waals surface area contributed by atoms with E-state index >= 15 is 0 Å². The summed E-state index contributed by atoms with van der Waals surface area (Å²) in [4.78, 5) is 6.98. The van der Waals surface area contributed by atoms with Gasteiger partial charge in [-0.3, -0.25) is 5.10 Å². The molecule has 0 amide bonds. The van der Waals surface area contributed by atoms with Gasteiger partial charge in [0, 0.05) is 32.1 Å². The second-order valence-electron chi connectivity index (χ2n) is 5.71. The molecule has 100 valence electrons. The second-order valence-corrected chi connectivity index (χ2v) is 5.71. The number of nitrogens with zero attached hydrogens (tertiary/aromatic N) is 3. The predicted octanol–water partition coefficient (Wildman–Crippen LogP) is 1.51. The minimum absolute atomic E-state index is 0.602. The molecule has 3 rings (SSSR count). The average molecular weight is 249 g/mol. The van der Waals surface area contributed by atoms with Crippen molar-refractivity contribution < 1.29 is 0 Å². The Labute approximate surface area is 108 Å². The quantitative estimate of drug-likeness (QED) is 0.834. The molecule has 0 spiro atoms. The zero-order chi connectivity index (χ0) is 12.4. The maximum absolute atomic E-state index is 4.71. The van der Waals surface area contributed by atoms with Crippen LogP contribution in [0.3, 0.4) is 0 Å². The summed E-state index contributed by atoms with van der Waals surface area (Å²) in [5.41, 5.74) is 0. The smallest absolute Gasteiger partial charge is 0.244 e. The van der Waals surface area contributed by atoms with E-state index in [0.29, 0.717) is 5.92 Å². The molecule has 0 aromatic carbocycles. The summed E-state index contributed by atoms with van der Waals surface area (Å²) in [6.45, 7) is 6.44. The van der Waals surface area contributed by atoms with Gasteiger partial charge in [-0.2, -0.15) is 4.98 Å². The first kappa shape index (κ1) is 12.0. The van der Waals surface area contributed by atoms with Crippen LogP contribution in [0.2, 0.25) is 0 Å². The van der Waals surface area contributed by atoms with Crippen LogP contribution >= 0.6 is 0 Å². The number of hydrogen-bond donors (Lipinski definition) is 2. The Balaban J connectivity index is 1.65. The average Bonchev–Trinajstić information content (AvgIpc) is 2.90. The maximum atomic E-state index is 4.71. The van der Waals surface area contributed by atoms with Crippen LogP contribution in [0, 0.1) is 5.92 Å². The number of aromatic nitrogens is 3. The molecule has 2 aliphatic rings. The first-order valence-corrected chi connectivity index (χ1v) is 7.21. The highest BCUT2D eigenvalue weighted by Gasteiger charge is 2.23. The number of hydrogen-bond acceptors (Lipinski definition) is 4. The van der Waals surface area contributed by atoms with Crippen molar-refractivity contribution in [1.29, 1.82) is 0 Å². The minimum atomic E-state index is 0.602. The molecule has 5 heteroatoms. The normalized spacial score (nSPS) is 29.5. The van der Waals surface area contributed by atoms with Crippen LogP contribution in [0.5, 0.6) is 0 Å². The summed E-state index contributed by atoms with van der Waals surface area (Å²) in [5, 5.41) is 10.9. The Morgan fingerprint density at radius 3 is 2.56 bits per heavy atom. The molecule has 1 aromatic heterocycles. The van der Waals surface area contributed by atoms with Gasteiger partial charge < -0.3 is 10.2 Å². The lowest BCUT2D eigenvalue weighted by Crippen LogP contribution is -2.44. The summed E-state index contributed by atoms with van der Waals surface area (Å²) in [6.07, 6.45) is 5.18. The van der Waals surface area contributed by atoms with E-state index in [2.05, 4.69) is 27.3 Å². The van der Waals surface area contributed by atoms with E-state index in [0.717, 1.165) is 43.9 Å². The number of nitrogens with one attached hydrogen (secondary N) is 2. The third-order valence-corrected chi connectivity index (χ3v) is 4.29. The van der Waals surface area contributed by atoms with Gasteiger partial charge in [-0.1, -0.05) is 19.8 Å². The molecule has 0 radical (unpaired) electrons. The molecule has 1 saturated carbocycles. The fourth-order valence-corrected chi connectivity index (χ4v) is 2.99. The second kappa shape index (κ2) is 5.26. The lowest BCUT2D eigenvalue weighted by Gasteiger charge is -2.26. The van der Waals surface area contributed by atoms with Crippen molar-refractivity contribution in [2.75, 3.05) is 31.1 Å². The largest absolute Gasteiger partial charge is 0.337 e. The van der Waals surface area contributed by atoms with Gasteiger partial charge in [0.25, 0.3) is 0 Å². The third kappa shape index (κ3) is 2.51. The first-order valence-electron chi connectivity index (χ1n) is 7.21. The van der Waals surface area contributed by atoms with Crippen molar-refractivity contribution >= 4 is 5.95 Å². The van der Waals surface area contributed by atoms with Gasteiger partial charge in [-0.15, -0.1) is 5.10 Å². The molecule has 2 N–H and O–H groups in total. The Morgan fingerprint density at radius 1 is 1.11 bits per heavy atom. The Morgan fingerprint density at radius 2 is 1.83 bits per heavy atom. The van der Waals surface area contributed by atoms with Crippen LogP contribution in [0.1, 0.15) is 44.3 Å². The molecule has 18 heavy (non-hydrogen) atoms. The topological polar surface area (TPSA) is 56.8 Å². The summed E-state index contributed by atoms with van der Waals surface area (Å²) in [7, 11) is 0. The highest BCUT2D eigenvalue weighted by atomic mass is 15.4. The van der Waals surface area contributed by atoms with E-state index in [1.165, 1.54) is 25.7 Å². The van der Waals surface area contributed by atoms with Crippen LogP contribution < -0.4 is 10.2 Å². The van der Waals surface area contributed by atoms with Gasteiger partial charge in [0.2, 0.25) is 5.95 Å². The summed E-state index contributed by atoms with van der Waals surface area (Å²) >= 11 is 0. The van der Waals surface area contributed by atoms with E-state index in [-0.39, 0.29) is 0 Å². The number of piperazine rings is 1. The van der Waals surface area contributed by atoms with Crippen molar-refractivity contribution in [2.45, 2.75) is 38.5 Å².